The van der Waals surface area contributed by atoms with Crippen molar-refractivity contribution in [1.29, 1.82) is 0 Å². The zero-order valence-electron chi connectivity index (χ0n) is 94.4. The molecule has 8 heteroatoms. The van der Waals surface area contributed by atoms with Gasteiger partial charge in [-0.1, -0.05) is 329 Å². The van der Waals surface area contributed by atoms with E-state index in [0.29, 0.717) is 16.6 Å². The van der Waals surface area contributed by atoms with E-state index >= 15 is 0 Å². The van der Waals surface area contributed by atoms with Gasteiger partial charge in [-0.2, -0.15) is 17.6 Å². The molecule has 0 N–H and O–H groups in total. The van der Waals surface area contributed by atoms with Gasteiger partial charge in [0, 0.05) is 147 Å². The van der Waals surface area contributed by atoms with Gasteiger partial charge >= 0.3 is 0 Å². The molecule has 4 aliphatic heterocycles. The maximum absolute atomic E-state index is 8.94. The van der Waals surface area contributed by atoms with E-state index in [1.54, 1.807) is 6.07 Å². The molecule has 2 atom stereocenters. The van der Waals surface area contributed by atoms with Crippen LogP contribution in [0.3, 0.4) is 0 Å². The number of hydrogen-bond acceptors (Lipinski definition) is 0. The zero-order chi connectivity index (χ0) is 104. The summed E-state index contributed by atoms with van der Waals surface area (Å²) in [5.74, 6) is 0. The Morgan fingerprint density at radius 2 is 0.409 bits per heavy atom. The van der Waals surface area contributed by atoms with Crippen LogP contribution in [0.1, 0.15) is 239 Å². The quantitative estimate of drug-likeness (QED) is 0.124. The molecule has 0 saturated heterocycles. The Kier molecular flexibility index (Phi) is 15.8. The summed E-state index contributed by atoms with van der Waals surface area (Å²) in [6.45, 7) is 43.6. The lowest BCUT2D eigenvalue weighted by Gasteiger charge is -2.43. The molecule has 24 rings (SSSR count). The predicted molar refractivity (Wildman–Crippen MR) is 557 cm³/mol. The van der Waals surface area contributed by atoms with Crippen molar-refractivity contribution in [2.24, 2.45) is 28.2 Å². The minimum absolute atomic E-state index is 0.0236. The molecule has 4 aliphatic rings. The third-order valence-electron chi connectivity index (χ3n) is 34.8. The molecule has 0 radical (unpaired) electrons. The number of aryl methyl sites for hydroxylation is 16. The fourth-order valence-corrected chi connectivity index (χ4v) is 24.7. The Hall–Kier alpha value is -12.5. The van der Waals surface area contributed by atoms with Gasteiger partial charge < -0.3 is 0 Å². The normalized spacial score (nSPS) is 19.5. The van der Waals surface area contributed by atoms with Crippen molar-refractivity contribution in [1.82, 2.24) is 17.6 Å². The van der Waals surface area contributed by atoms with E-state index in [-0.39, 0.29) is 27.2 Å². The maximum atomic E-state index is 8.94. The van der Waals surface area contributed by atoms with E-state index in [1.807, 2.05) is 101 Å². The molecule has 20 aromatic rings. The summed E-state index contributed by atoms with van der Waals surface area (Å²) in [6.07, 6.45) is 0. The Labute approximate surface area is 797 Å². The smallest absolute Gasteiger partial charge is 0.225 e. The van der Waals surface area contributed by atoms with Gasteiger partial charge in [0.1, 0.15) is 22.1 Å². The minimum atomic E-state index is -2.36. The summed E-state index contributed by atoms with van der Waals surface area (Å²) in [6, 6.07) is 75.8. The van der Waals surface area contributed by atoms with Crippen LogP contribution in [0.4, 0.5) is 0 Å². The van der Waals surface area contributed by atoms with Gasteiger partial charge in [-0.3, -0.25) is 0 Å². The van der Waals surface area contributed by atoms with Crippen molar-refractivity contribution in [2.45, 2.75) is 237 Å². The van der Waals surface area contributed by atoms with E-state index in [4.69, 9.17) is 16.4 Å². The van der Waals surface area contributed by atoms with Crippen molar-refractivity contribution >= 4 is 109 Å². The highest BCUT2D eigenvalue weighted by Crippen LogP contribution is 2.60. The van der Waals surface area contributed by atoms with Crippen LogP contribution in [0.25, 0.3) is 154 Å². The number of rotatable bonds is 4. The highest BCUT2D eigenvalue weighted by Gasteiger charge is 2.58. The average Bonchev–Trinajstić information content (AvgIpc) is 1.46. The highest BCUT2D eigenvalue weighted by atomic mass is 15.2. The lowest BCUT2D eigenvalue weighted by atomic mass is 9.60. The topological polar surface area (TPSA) is 33.2 Å². The van der Waals surface area contributed by atoms with Gasteiger partial charge in [-0.25, -0.2) is 18.3 Å². The zero-order valence-corrected chi connectivity index (χ0v) is 82.4. The molecule has 132 heavy (non-hydrogen) atoms. The first-order chi connectivity index (χ1) is 67.3. The second kappa shape index (κ2) is 28.5. The van der Waals surface area contributed by atoms with Crippen molar-refractivity contribution in [3.8, 4) is 45.0 Å². The van der Waals surface area contributed by atoms with E-state index < -0.39 is 49.1 Å². The molecular formula is C124H132N8+4. The van der Waals surface area contributed by atoms with E-state index in [9.17, 15) is 0 Å². The van der Waals surface area contributed by atoms with Crippen LogP contribution in [0.15, 0.2) is 218 Å². The number of imidazole rings is 4. The highest BCUT2D eigenvalue weighted by molar-refractivity contribution is 6.20. The first-order valence-electron chi connectivity index (χ1n) is 53.2. The van der Waals surface area contributed by atoms with Crippen LogP contribution in [-0.4, -0.2) is 17.6 Å². The van der Waals surface area contributed by atoms with E-state index in [2.05, 4.69) is 341 Å². The number of aromatic nitrogens is 8. The van der Waals surface area contributed by atoms with E-state index in [1.165, 1.54) is 133 Å². The van der Waals surface area contributed by atoms with Crippen molar-refractivity contribution in [2.75, 3.05) is 0 Å². The lowest BCUT2D eigenvalue weighted by Crippen LogP contribution is -2.44. The molecule has 0 saturated carbocycles. The van der Waals surface area contributed by atoms with Crippen LogP contribution in [-0.2, 0) is 71.5 Å². The minimum Gasteiger partial charge on any atom is -0.225 e. The number of pyridine rings is 4. The standard InChI is InChI=1S/4C31H33N2/c4*1-18-14-16-22-24-19(2)15-17-23-27(24)33-28(31(6,7)30(23,4)5)26(21-12-10-9-11-13-21)32(8)29(33)25(22)20(18)3/h4*9-17H,1-8H3/q4*+1/i2D3,6D3;6D3;2D3;. The third-order valence-corrected chi connectivity index (χ3v) is 34.8. The largest absolute Gasteiger partial charge is 0.295 e. The van der Waals surface area contributed by atoms with Crippen molar-refractivity contribution in [3.05, 3.63) is 330 Å². The van der Waals surface area contributed by atoms with Gasteiger partial charge in [0.05, 0.1) is 49.7 Å². The van der Waals surface area contributed by atoms with Crippen LogP contribution in [0, 0.1) is 82.9 Å². The Morgan fingerprint density at radius 3 is 0.629 bits per heavy atom. The molecule has 0 spiro atoms. The predicted octanol–water partition coefficient (Wildman–Crippen LogP) is 28.9. The fraction of sp³-hybridized carbons (Fsp3) is 0.323. The first-order valence-corrected chi connectivity index (χ1v) is 47.2. The van der Waals surface area contributed by atoms with Crippen LogP contribution < -0.4 is 18.3 Å². The number of benzene rings is 12. The van der Waals surface area contributed by atoms with Gasteiger partial charge in [0.25, 0.3) is 22.6 Å². The number of nitrogens with zero attached hydrogens (tertiary/aromatic N) is 8. The molecule has 0 aliphatic carbocycles. The van der Waals surface area contributed by atoms with Gasteiger partial charge in [-0.05, 0) is 150 Å². The monoisotopic (exact) mass is 1750 g/mol. The summed E-state index contributed by atoms with van der Waals surface area (Å²) < 4.78 is 123. The lowest BCUT2D eigenvalue weighted by molar-refractivity contribution is -0.632. The second-order valence-electron chi connectivity index (χ2n) is 42.9. The molecule has 8 aromatic heterocycles. The van der Waals surface area contributed by atoms with Gasteiger partial charge in [0.15, 0.2) is 45.6 Å². The second-order valence-corrected chi connectivity index (χ2v) is 42.9. The SMILES string of the molecule is Cc1ccc2c3c(C)ccc4c3n3c(c(-c5ccccc5)[n+](C)c3c2c1C)C(C)(C)C4(C)C.[2H]C([2H])([2H])C1(C)c2c(-c3ccccc3)[n+](C)c3c4c(C)c(C)ccc4c4c(C)ccc(c4n23)C1(C)C.[2H]C([2H])([2H])c1ccc2c3c1c1ccc(C)c(C)c1c1n3c(c(-c3ccccc3)[n+]1C)C(C)(C([2H])([2H])[2H])C2(C)C.[2H]C([2H])([2H])c1ccc2c3c1c1ccc(C)c(C)c1c1n3c(c(-c3ccccc3)[n+]1C)C(C)(C)C2(C)C. The average molecular weight is 1750 g/mol. The summed E-state index contributed by atoms with van der Waals surface area (Å²) in [5, 5.41) is 13.3. The van der Waals surface area contributed by atoms with Crippen LogP contribution in [0.2, 0.25) is 0 Å². The van der Waals surface area contributed by atoms with Gasteiger partial charge in [0.2, 0.25) is 0 Å². The molecule has 12 aromatic carbocycles. The van der Waals surface area contributed by atoms with Crippen LogP contribution >= 0.6 is 0 Å². The molecule has 12 heterocycles. The molecule has 0 fully saturated rings. The Bertz CT molecular complexity index is 9040. The summed E-state index contributed by atoms with van der Waals surface area (Å²) in [5.41, 5.74) is 34.8. The maximum Gasteiger partial charge on any atom is 0.295 e. The summed E-state index contributed by atoms with van der Waals surface area (Å²) in [7, 11) is 8.52. The van der Waals surface area contributed by atoms with Crippen molar-refractivity contribution < 1.29 is 34.7 Å². The number of fused-ring (bicyclic) bond motifs is 12. The van der Waals surface area contributed by atoms with Gasteiger partial charge in [-0.15, -0.1) is 0 Å². The molecule has 0 amide bonds. The summed E-state index contributed by atoms with van der Waals surface area (Å²) in [4.78, 5) is 0. The van der Waals surface area contributed by atoms with E-state index in [0.717, 1.165) is 111 Å². The third kappa shape index (κ3) is 10.8. The fourth-order valence-electron chi connectivity index (χ4n) is 24.7. The molecule has 8 nitrogen and oxygen atoms in total. The Morgan fingerprint density at radius 1 is 0.212 bits per heavy atom. The van der Waals surface area contributed by atoms with Crippen molar-refractivity contribution in [3.63, 3.8) is 0 Å². The molecule has 0 bridgehead atoms. The molecule has 2 unspecified atom stereocenters. The van der Waals surface area contributed by atoms with Crippen LogP contribution in [0.5, 0.6) is 0 Å². The number of hydrogen-bond donors (Lipinski definition) is 0. The molecule has 664 valence electrons. The molecular weight excluding hydrogens is 1600 g/mol. The Balaban J connectivity index is 0.000000113. The first kappa shape index (κ1) is 73.1. The summed E-state index contributed by atoms with van der Waals surface area (Å²) >= 11 is 0.